The average molecular weight is 467 g/mol. The largest absolute Gasteiger partial charge is 0.488 e. The molecule has 0 saturated heterocycles. The number of hydrogen-bond donors (Lipinski definition) is 1. The standard InChI is InChI=1S/C23H22N4O5S/c1-14(13-29-3)30-18-8-9-20(19(12-18)21(28)25-23-24-10-11-33-23)32-17-6-4-16(5-7-17)22-27-26-15(2)31-22/h4-12,14H,13H2,1-3H3,(H,24,25,28). The topological polar surface area (TPSA) is 109 Å². The van der Waals surface area contributed by atoms with E-state index in [-0.39, 0.29) is 12.0 Å². The molecule has 0 bridgehead atoms. The molecule has 1 atom stereocenters. The fourth-order valence-corrected chi connectivity index (χ4v) is 3.53. The summed E-state index contributed by atoms with van der Waals surface area (Å²) in [6.45, 7) is 4.04. The summed E-state index contributed by atoms with van der Waals surface area (Å²) < 4.78 is 22.4. The minimum Gasteiger partial charge on any atom is -0.488 e. The summed E-state index contributed by atoms with van der Waals surface area (Å²) in [5.41, 5.74) is 1.07. The highest BCUT2D eigenvalue weighted by Crippen LogP contribution is 2.31. The molecule has 0 aliphatic heterocycles. The van der Waals surface area contributed by atoms with E-state index in [0.717, 1.165) is 5.56 Å². The smallest absolute Gasteiger partial charge is 0.261 e. The summed E-state index contributed by atoms with van der Waals surface area (Å²) in [6.07, 6.45) is 1.44. The van der Waals surface area contributed by atoms with E-state index >= 15 is 0 Å². The first kappa shape index (κ1) is 22.4. The van der Waals surface area contributed by atoms with Crippen LogP contribution in [0, 0.1) is 6.92 Å². The van der Waals surface area contributed by atoms with Gasteiger partial charge in [0.15, 0.2) is 5.13 Å². The van der Waals surface area contributed by atoms with Crippen molar-refractivity contribution in [2.45, 2.75) is 20.0 Å². The fourth-order valence-electron chi connectivity index (χ4n) is 3.01. The fraction of sp³-hybridized carbons (Fsp3) is 0.217. The highest BCUT2D eigenvalue weighted by atomic mass is 32.1. The van der Waals surface area contributed by atoms with Gasteiger partial charge in [0.1, 0.15) is 23.4 Å². The quantitative estimate of drug-likeness (QED) is 0.369. The van der Waals surface area contributed by atoms with E-state index in [4.69, 9.17) is 18.6 Å². The zero-order valence-electron chi connectivity index (χ0n) is 18.3. The van der Waals surface area contributed by atoms with Gasteiger partial charge in [-0.25, -0.2) is 4.98 Å². The van der Waals surface area contributed by atoms with Crippen molar-refractivity contribution in [2.75, 3.05) is 19.0 Å². The van der Waals surface area contributed by atoms with E-state index in [1.807, 2.05) is 19.1 Å². The maximum absolute atomic E-state index is 13.0. The third-order valence-electron chi connectivity index (χ3n) is 4.44. The molecule has 0 radical (unpaired) electrons. The normalized spacial score (nSPS) is 11.7. The average Bonchev–Trinajstić information content (AvgIpc) is 3.47. The maximum Gasteiger partial charge on any atom is 0.261 e. The van der Waals surface area contributed by atoms with Gasteiger partial charge in [0.05, 0.1) is 12.2 Å². The molecule has 4 aromatic rings. The van der Waals surface area contributed by atoms with Crippen LogP contribution in [0.5, 0.6) is 17.2 Å². The first-order valence-electron chi connectivity index (χ1n) is 10.1. The van der Waals surface area contributed by atoms with E-state index < -0.39 is 0 Å². The molecule has 2 heterocycles. The summed E-state index contributed by atoms with van der Waals surface area (Å²) in [6, 6.07) is 12.2. The first-order chi connectivity index (χ1) is 16.0. The molecule has 1 unspecified atom stereocenters. The van der Waals surface area contributed by atoms with Gasteiger partial charge in [-0.1, -0.05) is 0 Å². The molecule has 0 aliphatic rings. The van der Waals surface area contributed by atoms with E-state index in [9.17, 15) is 4.79 Å². The maximum atomic E-state index is 13.0. The Morgan fingerprint density at radius 1 is 1.15 bits per heavy atom. The summed E-state index contributed by atoms with van der Waals surface area (Å²) in [7, 11) is 1.61. The Balaban J connectivity index is 1.58. The number of benzene rings is 2. The molecule has 1 amide bonds. The lowest BCUT2D eigenvalue weighted by Gasteiger charge is -2.16. The number of carbonyl (C=O) groups excluding carboxylic acids is 1. The van der Waals surface area contributed by atoms with Gasteiger partial charge in [-0.05, 0) is 49.4 Å². The van der Waals surface area contributed by atoms with Crippen molar-refractivity contribution in [2.24, 2.45) is 0 Å². The molecular formula is C23H22N4O5S. The molecule has 4 rings (SSSR count). The number of carbonyl (C=O) groups is 1. The van der Waals surface area contributed by atoms with Crippen molar-refractivity contribution < 1.29 is 23.4 Å². The lowest BCUT2D eigenvalue weighted by Crippen LogP contribution is -2.18. The second kappa shape index (κ2) is 10.2. The van der Waals surface area contributed by atoms with Crippen molar-refractivity contribution in [3.63, 3.8) is 0 Å². The van der Waals surface area contributed by atoms with Crippen LogP contribution in [0.3, 0.4) is 0 Å². The predicted octanol–water partition coefficient (Wildman–Crippen LogP) is 4.96. The van der Waals surface area contributed by atoms with Gasteiger partial charge < -0.3 is 18.6 Å². The number of methoxy groups -OCH3 is 1. The van der Waals surface area contributed by atoms with Gasteiger partial charge >= 0.3 is 0 Å². The molecule has 0 saturated carbocycles. The molecule has 9 nitrogen and oxygen atoms in total. The number of amides is 1. The molecule has 0 spiro atoms. The van der Waals surface area contributed by atoms with Crippen LogP contribution in [0.2, 0.25) is 0 Å². The van der Waals surface area contributed by atoms with Crippen LogP contribution in [0.1, 0.15) is 23.2 Å². The molecule has 2 aromatic carbocycles. The molecule has 33 heavy (non-hydrogen) atoms. The Bertz CT molecular complexity index is 1210. The Morgan fingerprint density at radius 3 is 2.61 bits per heavy atom. The summed E-state index contributed by atoms with van der Waals surface area (Å²) in [5.74, 6) is 2.00. The van der Waals surface area contributed by atoms with E-state index in [1.165, 1.54) is 11.3 Å². The molecule has 0 fully saturated rings. The Labute approximate surface area is 194 Å². The number of anilines is 1. The van der Waals surface area contributed by atoms with Crippen LogP contribution >= 0.6 is 11.3 Å². The first-order valence-corrected chi connectivity index (χ1v) is 11.0. The number of rotatable bonds is 9. The number of hydrogen-bond acceptors (Lipinski definition) is 9. The van der Waals surface area contributed by atoms with Gasteiger partial charge in [-0.15, -0.1) is 21.5 Å². The Morgan fingerprint density at radius 2 is 1.94 bits per heavy atom. The van der Waals surface area contributed by atoms with Crippen LogP contribution in [0.25, 0.3) is 11.5 Å². The second-order valence-corrected chi connectivity index (χ2v) is 7.98. The highest BCUT2D eigenvalue weighted by Gasteiger charge is 2.17. The van der Waals surface area contributed by atoms with Gasteiger partial charge in [0.2, 0.25) is 11.8 Å². The Hall–Kier alpha value is -3.76. The monoisotopic (exact) mass is 466 g/mol. The van der Waals surface area contributed by atoms with Crippen molar-refractivity contribution in [1.29, 1.82) is 0 Å². The summed E-state index contributed by atoms with van der Waals surface area (Å²) in [5, 5.41) is 12.9. The number of nitrogens with zero attached hydrogens (tertiary/aromatic N) is 3. The molecule has 2 aromatic heterocycles. The molecule has 0 aliphatic carbocycles. The lowest BCUT2D eigenvalue weighted by molar-refractivity contribution is 0.0916. The van der Waals surface area contributed by atoms with Crippen LogP contribution in [0.4, 0.5) is 5.13 Å². The molecular weight excluding hydrogens is 444 g/mol. The number of aromatic nitrogens is 3. The zero-order valence-corrected chi connectivity index (χ0v) is 19.1. The predicted molar refractivity (Wildman–Crippen MR) is 123 cm³/mol. The van der Waals surface area contributed by atoms with Gasteiger partial charge in [0, 0.05) is 31.2 Å². The van der Waals surface area contributed by atoms with Crippen LogP contribution < -0.4 is 14.8 Å². The second-order valence-electron chi connectivity index (χ2n) is 7.09. The zero-order chi connectivity index (χ0) is 23.2. The highest BCUT2D eigenvalue weighted by molar-refractivity contribution is 7.13. The number of nitrogens with one attached hydrogen (secondary N) is 1. The molecule has 1 N–H and O–H groups in total. The van der Waals surface area contributed by atoms with E-state index in [2.05, 4.69) is 20.5 Å². The summed E-state index contributed by atoms with van der Waals surface area (Å²) in [4.78, 5) is 17.1. The number of ether oxygens (including phenoxy) is 3. The van der Waals surface area contributed by atoms with Crippen molar-refractivity contribution in [3.8, 4) is 28.7 Å². The minimum absolute atomic E-state index is 0.183. The van der Waals surface area contributed by atoms with Gasteiger partial charge in [-0.2, -0.15) is 0 Å². The van der Waals surface area contributed by atoms with Crippen LogP contribution in [-0.4, -0.2) is 40.9 Å². The number of thiazole rings is 1. The third kappa shape index (κ3) is 5.73. The van der Waals surface area contributed by atoms with E-state index in [1.54, 1.807) is 55.9 Å². The van der Waals surface area contributed by atoms with Crippen molar-refractivity contribution in [1.82, 2.24) is 15.2 Å². The van der Waals surface area contributed by atoms with Crippen molar-refractivity contribution >= 4 is 22.4 Å². The van der Waals surface area contributed by atoms with Crippen LogP contribution in [0.15, 0.2) is 58.5 Å². The third-order valence-corrected chi connectivity index (χ3v) is 5.13. The van der Waals surface area contributed by atoms with E-state index in [0.29, 0.717) is 46.3 Å². The summed E-state index contributed by atoms with van der Waals surface area (Å²) >= 11 is 1.33. The SMILES string of the molecule is COCC(C)Oc1ccc(Oc2ccc(-c3nnc(C)o3)cc2)c(C(=O)Nc2nccs2)c1. The van der Waals surface area contributed by atoms with Gasteiger partial charge in [-0.3, -0.25) is 10.1 Å². The Kier molecular flexibility index (Phi) is 6.96. The van der Waals surface area contributed by atoms with Gasteiger partial charge in [0.25, 0.3) is 5.91 Å². The number of aryl methyl sites for hydroxylation is 1. The molecule has 170 valence electrons. The van der Waals surface area contributed by atoms with Crippen LogP contribution in [-0.2, 0) is 4.74 Å². The molecule has 10 heteroatoms. The van der Waals surface area contributed by atoms with Crippen molar-refractivity contribution in [3.05, 3.63) is 65.5 Å². The minimum atomic E-state index is -0.359. The lowest BCUT2D eigenvalue weighted by atomic mass is 10.1.